The molecule has 1 saturated heterocycles. The van der Waals surface area contributed by atoms with Gasteiger partial charge in [-0.3, -0.25) is 4.79 Å². The maximum Gasteiger partial charge on any atom is 0.242 e. The lowest BCUT2D eigenvalue weighted by atomic mass is 10.2. The van der Waals surface area contributed by atoms with Gasteiger partial charge in [0.05, 0.1) is 16.5 Å². The van der Waals surface area contributed by atoms with Gasteiger partial charge in [-0.1, -0.05) is 5.21 Å². The molecule has 1 aliphatic rings. The fourth-order valence-corrected chi connectivity index (χ4v) is 3.92. The van der Waals surface area contributed by atoms with Crippen LogP contribution in [0.4, 0.5) is 0 Å². The average molecular weight is 395 g/mol. The molecule has 1 aromatic heterocycles. The Kier molecular flexibility index (Phi) is 6.08. The molecule has 1 amide bonds. The first-order chi connectivity index (χ1) is 12.9. The van der Waals surface area contributed by atoms with Crippen LogP contribution < -0.4 is 5.32 Å². The monoisotopic (exact) mass is 395 g/mol. The van der Waals surface area contributed by atoms with Gasteiger partial charge in [0.25, 0.3) is 0 Å². The van der Waals surface area contributed by atoms with E-state index in [1.807, 2.05) is 0 Å². The Morgan fingerprint density at radius 3 is 2.93 bits per heavy atom. The first kappa shape index (κ1) is 19.7. The molecule has 9 nitrogen and oxygen atoms in total. The molecule has 2 heterocycles. The predicted molar refractivity (Wildman–Crippen MR) is 99.6 cm³/mol. The minimum absolute atomic E-state index is 0.00529. The van der Waals surface area contributed by atoms with Gasteiger partial charge in [-0.25, -0.2) is 17.4 Å². The van der Waals surface area contributed by atoms with Crippen LogP contribution >= 0.6 is 0 Å². The molecule has 2 aromatic rings. The van der Waals surface area contributed by atoms with Crippen molar-refractivity contribution in [2.75, 3.05) is 27.2 Å². The van der Waals surface area contributed by atoms with Gasteiger partial charge in [-0.05, 0) is 37.5 Å². The van der Waals surface area contributed by atoms with Crippen molar-refractivity contribution in [3.05, 3.63) is 18.2 Å². The second kappa shape index (κ2) is 8.32. The summed E-state index contributed by atoms with van der Waals surface area (Å²) in [5.74, 6) is -0.00529. The van der Waals surface area contributed by atoms with Crippen LogP contribution in [0.5, 0.6) is 0 Å². The van der Waals surface area contributed by atoms with Crippen molar-refractivity contribution in [1.82, 2.24) is 24.6 Å². The van der Waals surface area contributed by atoms with E-state index >= 15 is 0 Å². The predicted octanol–water partition coefficient (Wildman–Crippen LogP) is 0.757. The van der Waals surface area contributed by atoms with Gasteiger partial charge in [-0.2, -0.15) is 0 Å². The normalized spacial score (nSPS) is 17.7. The molecule has 0 spiro atoms. The molecule has 1 aliphatic heterocycles. The minimum atomic E-state index is -3.51. The first-order valence-electron chi connectivity index (χ1n) is 9.02. The Morgan fingerprint density at radius 2 is 2.22 bits per heavy atom. The number of nitrogens with one attached hydrogen (secondary N) is 1. The zero-order chi connectivity index (χ0) is 19.4. The highest BCUT2D eigenvalue weighted by Crippen LogP contribution is 2.19. The highest BCUT2D eigenvalue weighted by Gasteiger charge is 2.19. The van der Waals surface area contributed by atoms with Gasteiger partial charge < -0.3 is 10.1 Å². The van der Waals surface area contributed by atoms with E-state index < -0.39 is 10.0 Å². The maximum atomic E-state index is 12.2. The quantitative estimate of drug-likeness (QED) is 0.707. The molecule has 27 heavy (non-hydrogen) atoms. The lowest BCUT2D eigenvalue weighted by Gasteiger charge is -2.11. The number of sulfonamides is 1. The summed E-state index contributed by atoms with van der Waals surface area (Å²) in [5, 5.41) is 11.0. The third-order valence-electron chi connectivity index (χ3n) is 4.59. The molecule has 10 heteroatoms. The van der Waals surface area contributed by atoms with E-state index in [4.69, 9.17) is 4.74 Å². The highest BCUT2D eigenvalue weighted by molar-refractivity contribution is 7.89. The van der Waals surface area contributed by atoms with Crippen LogP contribution in [-0.4, -0.2) is 67.0 Å². The fourth-order valence-electron chi connectivity index (χ4n) is 3.00. The van der Waals surface area contributed by atoms with Gasteiger partial charge >= 0.3 is 0 Å². The Bertz CT molecular complexity index is 903. The molecule has 1 unspecified atom stereocenters. The number of fused-ring (bicyclic) bond motifs is 1. The molecule has 3 rings (SSSR count). The van der Waals surface area contributed by atoms with Gasteiger partial charge in [-0.15, -0.1) is 5.10 Å². The summed E-state index contributed by atoms with van der Waals surface area (Å²) in [5.41, 5.74) is 1.26. The van der Waals surface area contributed by atoms with Crippen LogP contribution in [0.15, 0.2) is 23.1 Å². The number of aryl methyl sites for hydroxylation is 1. The summed E-state index contributed by atoms with van der Waals surface area (Å²) in [6.45, 7) is 1.87. The van der Waals surface area contributed by atoms with Crippen molar-refractivity contribution < 1.29 is 17.9 Å². The zero-order valence-electron chi connectivity index (χ0n) is 15.6. The third-order valence-corrected chi connectivity index (χ3v) is 6.40. The van der Waals surface area contributed by atoms with Crippen molar-refractivity contribution in [2.24, 2.45) is 0 Å². The molecule has 1 atom stereocenters. The standard InChI is InChI=1S/C17H25N5O4S/c1-21(2)27(24,25)14-7-8-16-15(11-14)19-20-22(16)9-3-6-17(23)18-12-13-5-4-10-26-13/h7-8,11,13H,3-6,9-10,12H2,1-2H3,(H,18,23). The maximum absolute atomic E-state index is 12.2. The van der Waals surface area contributed by atoms with Crippen LogP contribution in [0.25, 0.3) is 11.0 Å². The third kappa shape index (κ3) is 4.63. The molecule has 1 fully saturated rings. The topological polar surface area (TPSA) is 106 Å². The number of hydrogen-bond donors (Lipinski definition) is 1. The van der Waals surface area contributed by atoms with E-state index in [0.29, 0.717) is 31.4 Å². The van der Waals surface area contributed by atoms with E-state index in [1.54, 1.807) is 16.8 Å². The van der Waals surface area contributed by atoms with Crippen molar-refractivity contribution in [2.45, 2.75) is 43.2 Å². The number of ether oxygens (including phenoxy) is 1. The Hall–Kier alpha value is -2.04. The van der Waals surface area contributed by atoms with E-state index in [2.05, 4.69) is 15.6 Å². The summed E-state index contributed by atoms with van der Waals surface area (Å²) in [4.78, 5) is 12.1. The van der Waals surface area contributed by atoms with E-state index in [1.165, 1.54) is 20.2 Å². The van der Waals surface area contributed by atoms with E-state index in [-0.39, 0.29) is 16.9 Å². The largest absolute Gasteiger partial charge is 0.376 e. The molecule has 1 N–H and O–H groups in total. The Labute approximate surface area is 158 Å². The summed E-state index contributed by atoms with van der Waals surface area (Å²) >= 11 is 0. The molecule has 0 radical (unpaired) electrons. The molecule has 1 aromatic carbocycles. The summed E-state index contributed by atoms with van der Waals surface area (Å²) in [7, 11) is -0.535. The molecule has 0 saturated carbocycles. The number of nitrogens with zero attached hydrogens (tertiary/aromatic N) is 4. The van der Waals surface area contributed by atoms with Crippen molar-refractivity contribution in [1.29, 1.82) is 0 Å². The molecule has 0 aliphatic carbocycles. The van der Waals surface area contributed by atoms with Gasteiger partial charge in [0.1, 0.15) is 5.52 Å². The second-order valence-corrected chi connectivity index (χ2v) is 8.95. The number of hydrogen-bond acceptors (Lipinski definition) is 6. The number of benzene rings is 1. The molecular formula is C17H25N5O4S. The van der Waals surface area contributed by atoms with Gasteiger partial charge in [0.15, 0.2) is 0 Å². The molecular weight excluding hydrogens is 370 g/mol. The summed E-state index contributed by atoms with van der Waals surface area (Å²) < 4.78 is 32.7. The number of carbonyl (C=O) groups is 1. The van der Waals surface area contributed by atoms with Crippen LogP contribution in [0.1, 0.15) is 25.7 Å². The lowest BCUT2D eigenvalue weighted by molar-refractivity contribution is -0.121. The van der Waals surface area contributed by atoms with E-state index in [9.17, 15) is 13.2 Å². The Morgan fingerprint density at radius 1 is 1.41 bits per heavy atom. The van der Waals surface area contributed by atoms with E-state index in [0.717, 1.165) is 29.3 Å². The average Bonchev–Trinajstić information content (AvgIpc) is 3.29. The zero-order valence-corrected chi connectivity index (χ0v) is 16.4. The van der Waals surface area contributed by atoms with Crippen LogP contribution in [-0.2, 0) is 26.1 Å². The number of rotatable bonds is 8. The Balaban J connectivity index is 1.55. The SMILES string of the molecule is CN(C)S(=O)(=O)c1ccc2c(c1)nnn2CCCC(=O)NCC1CCCO1. The van der Waals surface area contributed by atoms with Crippen LogP contribution in [0.2, 0.25) is 0 Å². The number of aromatic nitrogens is 3. The highest BCUT2D eigenvalue weighted by atomic mass is 32.2. The second-order valence-electron chi connectivity index (χ2n) is 6.79. The van der Waals surface area contributed by atoms with Crippen molar-refractivity contribution in [3.8, 4) is 0 Å². The lowest BCUT2D eigenvalue weighted by Crippen LogP contribution is -2.31. The number of carbonyl (C=O) groups excluding carboxylic acids is 1. The molecule has 148 valence electrons. The van der Waals surface area contributed by atoms with Crippen LogP contribution in [0.3, 0.4) is 0 Å². The number of amides is 1. The molecule has 0 bridgehead atoms. The van der Waals surface area contributed by atoms with Crippen LogP contribution in [0, 0.1) is 0 Å². The first-order valence-corrected chi connectivity index (χ1v) is 10.5. The van der Waals surface area contributed by atoms with Crippen molar-refractivity contribution >= 4 is 27.0 Å². The van der Waals surface area contributed by atoms with Crippen molar-refractivity contribution in [3.63, 3.8) is 0 Å². The summed E-state index contributed by atoms with van der Waals surface area (Å²) in [6, 6.07) is 4.76. The fraction of sp³-hybridized carbons (Fsp3) is 0.588. The minimum Gasteiger partial charge on any atom is -0.376 e. The van der Waals surface area contributed by atoms with Gasteiger partial charge in [0, 0.05) is 40.2 Å². The summed E-state index contributed by atoms with van der Waals surface area (Å²) in [6.07, 6.45) is 3.20. The smallest absolute Gasteiger partial charge is 0.242 e. The van der Waals surface area contributed by atoms with Gasteiger partial charge in [0.2, 0.25) is 15.9 Å².